The SMILES string of the molecule is CC1(C)CC[C@]2(CO)CC[C@]3(C)[C@H](CC[C@@H]4[C@@]5(C)CCCNC(C)(C)[C@@H]5CC[C@]43C)[C@H]2[C@H]1O. The number of aliphatic hydroxyl groups is 2. The van der Waals surface area contributed by atoms with Crippen molar-refractivity contribution in [3.63, 3.8) is 0 Å². The Morgan fingerprint density at radius 3 is 2.15 bits per heavy atom. The molecule has 33 heavy (non-hydrogen) atoms. The van der Waals surface area contributed by atoms with Crippen LogP contribution in [0.4, 0.5) is 0 Å². The van der Waals surface area contributed by atoms with Crippen molar-refractivity contribution in [2.45, 2.75) is 124 Å². The molecule has 0 spiro atoms. The number of fused-ring (bicyclic) bond motifs is 7. The highest BCUT2D eigenvalue weighted by Crippen LogP contribution is 2.75. The topological polar surface area (TPSA) is 52.5 Å². The van der Waals surface area contributed by atoms with Crippen LogP contribution in [0.15, 0.2) is 0 Å². The molecule has 0 unspecified atom stereocenters. The first kappa shape index (κ1) is 24.6. The first-order valence-corrected chi connectivity index (χ1v) is 14.3. The summed E-state index contributed by atoms with van der Waals surface area (Å²) in [6.45, 7) is 18.9. The van der Waals surface area contributed by atoms with E-state index in [1.807, 2.05) is 0 Å². The van der Waals surface area contributed by atoms with Crippen LogP contribution in [0.2, 0.25) is 0 Å². The van der Waals surface area contributed by atoms with Crippen LogP contribution in [0.5, 0.6) is 0 Å². The van der Waals surface area contributed by atoms with Crippen molar-refractivity contribution in [3.05, 3.63) is 0 Å². The van der Waals surface area contributed by atoms with E-state index in [1.54, 1.807) is 0 Å². The lowest BCUT2D eigenvalue weighted by Crippen LogP contribution is -2.68. The monoisotopic (exact) mass is 459 g/mol. The lowest BCUT2D eigenvalue weighted by molar-refractivity contribution is -0.259. The van der Waals surface area contributed by atoms with Gasteiger partial charge in [-0.1, -0.05) is 34.6 Å². The fraction of sp³-hybridized carbons (Fsp3) is 1.00. The third-order valence-corrected chi connectivity index (χ3v) is 13.6. The number of hydrogen-bond acceptors (Lipinski definition) is 3. The number of nitrogens with one attached hydrogen (secondary N) is 1. The quantitative estimate of drug-likeness (QED) is 0.439. The van der Waals surface area contributed by atoms with E-state index in [1.165, 1.54) is 44.9 Å². The van der Waals surface area contributed by atoms with Crippen molar-refractivity contribution < 1.29 is 10.2 Å². The molecule has 0 amide bonds. The minimum Gasteiger partial charge on any atom is -0.396 e. The molecule has 0 bridgehead atoms. The first-order chi connectivity index (χ1) is 15.3. The van der Waals surface area contributed by atoms with Crippen molar-refractivity contribution >= 4 is 0 Å². The van der Waals surface area contributed by atoms with Crippen LogP contribution < -0.4 is 5.32 Å². The van der Waals surface area contributed by atoms with Gasteiger partial charge in [-0.25, -0.2) is 0 Å². The predicted octanol–water partition coefficient (Wildman–Crippen LogP) is 6.17. The Morgan fingerprint density at radius 2 is 1.45 bits per heavy atom. The third-order valence-electron chi connectivity index (χ3n) is 13.6. The molecule has 4 aliphatic carbocycles. The van der Waals surface area contributed by atoms with Crippen molar-refractivity contribution in [2.24, 2.45) is 50.7 Å². The van der Waals surface area contributed by atoms with E-state index in [9.17, 15) is 10.2 Å². The zero-order valence-electron chi connectivity index (χ0n) is 22.8. The van der Waals surface area contributed by atoms with Crippen LogP contribution in [0.1, 0.15) is 113 Å². The van der Waals surface area contributed by atoms with Crippen LogP contribution in [0.25, 0.3) is 0 Å². The fourth-order valence-corrected chi connectivity index (χ4v) is 11.3. The molecule has 4 saturated carbocycles. The molecule has 5 rings (SSSR count). The van der Waals surface area contributed by atoms with Gasteiger partial charge < -0.3 is 15.5 Å². The van der Waals surface area contributed by atoms with E-state index >= 15 is 0 Å². The molecule has 0 aromatic carbocycles. The van der Waals surface area contributed by atoms with Gasteiger partial charge in [0.1, 0.15) is 0 Å². The van der Waals surface area contributed by atoms with E-state index < -0.39 is 0 Å². The Labute approximate surface area is 203 Å². The molecular weight excluding hydrogens is 406 g/mol. The Morgan fingerprint density at radius 1 is 0.758 bits per heavy atom. The molecule has 0 radical (unpaired) electrons. The summed E-state index contributed by atoms with van der Waals surface area (Å²) >= 11 is 0. The summed E-state index contributed by atoms with van der Waals surface area (Å²) < 4.78 is 0. The maximum atomic E-state index is 11.8. The average molecular weight is 460 g/mol. The van der Waals surface area contributed by atoms with Crippen LogP contribution in [-0.4, -0.2) is 35.0 Å². The van der Waals surface area contributed by atoms with Gasteiger partial charge in [0.25, 0.3) is 0 Å². The van der Waals surface area contributed by atoms with Crippen LogP contribution >= 0.6 is 0 Å². The van der Waals surface area contributed by atoms with Gasteiger partial charge in [-0.05, 0) is 135 Å². The van der Waals surface area contributed by atoms with Gasteiger partial charge in [-0.3, -0.25) is 0 Å². The lowest BCUT2D eigenvalue weighted by atomic mass is 9.32. The molecule has 3 heteroatoms. The standard InChI is InChI=1S/C30H53NO2/c1-25(2)14-16-30(19-32)17-15-28(6)20(23(30)24(25)33)9-10-22-27(5)12-8-18-31-26(3,4)21(27)11-13-29(22,28)7/h20-24,31-33H,8-19H2,1-7H3/t20-,21+,22-,23+,24-,27+,28-,29-,30-/m1/s1. The van der Waals surface area contributed by atoms with Gasteiger partial charge in [0.2, 0.25) is 0 Å². The number of rotatable bonds is 1. The van der Waals surface area contributed by atoms with Crippen LogP contribution in [0, 0.1) is 50.7 Å². The minimum absolute atomic E-state index is 0.0417. The second-order valence-electron chi connectivity index (χ2n) is 15.4. The highest BCUT2D eigenvalue weighted by molar-refractivity contribution is 5.19. The molecule has 0 aromatic rings. The highest BCUT2D eigenvalue weighted by Gasteiger charge is 2.70. The van der Waals surface area contributed by atoms with Gasteiger partial charge in [-0.15, -0.1) is 0 Å². The maximum Gasteiger partial charge on any atom is 0.0628 e. The average Bonchev–Trinajstić information content (AvgIpc) is 2.86. The Kier molecular flexibility index (Phi) is 5.55. The molecule has 3 nitrogen and oxygen atoms in total. The Balaban J connectivity index is 1.56. The van der Waals surface area contributed by atoms with Crippen molar-refractivity contribution in [1.29, 1.82) is 0 Å². The summed E-state index contributed by atoms with van der Waals surface area (Å²) in [6, 6.07) is 0. The minimum atomic E-state index is -0.295. The van der Waals surface area contributed by atoms with Crippen molar-refractivity contribution in [1.82, 2.24) is 5.32 Å². The summed E-state index contributed by atoms with van der Waals surface area (Å²) in [5.41, 5.74) is 1.09. The lowest BCUT2D eigenvalue weighted by Gasteiger charge is -2.73. The van der Waals surface area contributed by atoms with E-state index in [0.29, 0.717) is 16.7 Å². The molecule has 190 valence electrons. The first-order valence-electron chi connectivity index (χ1n) is 14.3. The highest BCUT2D eigenvalue weighted by atomic mass is 16.3. The van der Waals surface area contributed by atoms with E-state index in [2.05, 4.69) is 53.8 Å². The predicted molar refractivity (Wildman–Crippen MR) is 136 cm³/mol. The molecule has 1 saturated heterocycles. The molecule has 9 atom stereocenters. The second kappa shape index (κ2) is 7.45. The summed E-state index contributed by atoms with van der Waals surface area (Å²) in [4.78, 5) is 0. The summed E-state index contributed by atoms with van der Waals surface area (Å²) in [5, 5.41) is 26.4. The maximum absolute atomic E-state index is 11.8. The molecule has 1 heterocycles. The van der Waals surface area contributed by atoms with E-state index in [4.69, 9.17) is 0 Å². The fourth-order valence-electron chi connectivity index (χ4n) is 11.3. The van der Waals surface area contributed by atoms with Gasteiger partial charge in [0.15, 0.2) is 0 Å². The third kappa shape index (κ3) is 3.10. The molecule has 5 aliphatic rings. The normalized spacial score (nSPS) is 55.4. The Hall–Kier alpha value is -0.120. The van der Waals surface area contributed by atoms with E-state index in [0.717, 1.165) is 37.6 Å². The molecule has 5 fully saturated rings. The number of hydrogen-bond donors (Lipinski definition) is 3. The van der Waals surface area contributed by atoms with Crippen molar-refractivity contribution in [2.75, 3.05) is 13.2 Å². The molecule has 3 N–H and O–H groups in total. The second-order valence-corrected chi connectivity index (χ2v) is 15.4. The zero-order chi connectivity index (χ0) is 24.1. The van der Waals surface area contributed by atoms with Gasteiger partial charge in [-0.2, -0.15) is 0 Å². The summed E-state index contributed by atoms with van der Waals surface area (Å²) in [6.07, 6.45) is 12.0. The van der Waals surface area contributed by atoms with E-state index in [-0.39, 0.29) is 40.4 Å². The summed E-state index contributed by atoms with van der Waals surface area (Å²) in [7, 11) is 0. The largest absolute Gasteiger partial charge is 0.396 e. The number of aliphatic hydroxyl groups excluding tert-OH is 2. The van der Waals surface area contributed by atoms with Gasteiger partial charge in [0, 0.05) is 12.1 Å². The van der Waals surface area contributed by atoms with Gasteiger partial charge in [0.05, 0.1) is 6.10 Å². The van der Waals surface area contributed by atoms with Gasteiger partial charge >= 0.3 is 0 Å². The molecule has 0 aromatic heterocycles. The zero-order valence-corrected chi connectivity index (χ0v) is 22.8. The van der Waals surface area contributed by atoms with Crippen LogP contribution in [-0.2, 0) is 0 Å². The molecule has 1 aliphatic heterocycles. The molecular formula is C30H53NO2. The van der Waals surface area contributed by atoms with Crippen molar-refractivity contribution in [3.8, 4) is 0 Å². The summed E-state index contributed by atoms with van der Waals surface area (Å²) in [5.74, 6) is 2.29. The smallest absolute Gasteiger partial charge is 0.0628 e. The van der Waals surface area contributed by atoms with Crippen LogP contribution in [0.3, 0.4) is 0 Å². The Bertz CT molecular complexity index is 777.